The van der Waals surface area contributed by atoms with E-state index in [-0.39, 0.29) is 37.0 Å². The molecule has 0 bridgehead atoms. The molecule has 0 aromatic heterocycles. The fourth-order valence-electron chi connectivity index (χ4n) is 3.00. The van der Waals surface area contributed by atoms with Gasteiger partial charge in [-0.15, -0.1) is 0 Å². The second-order valence-corrected chi connectivity index (χ2v) is 8.25. The van der Waals surface area contributed by atoms with Gasteiger partial charge >= 0.3 is 0 Å². The maximum absolute atomic E-state index is 13.2. The molecule has 0 saturated carbocycles. The summed E-state index contributed by atoms with van der Waals surface area (Å²) >= 11 is 0. The molecule has 1 aliphatic rings. The Morgan fingerprint density at radius 1 is 1.07 bits per heavy atom. The summed E-state index contributed by atoms with van der Waals surface area (Å²) in [5.41, 5.74) is 0.0555. The number of para-hydroxylation sites is 1. The molecule has 0 spiro atoms. The minimum absolute atomic E-state index is 0.0218. The molecular formula is C19H18FN3O5S. The molecule has 0 aliphatic carbocycles. The first-order valence-electron chi connectivity index (χ1n) is 8.75. The van der Waals surface area contributed by atoms with Crippen LogP contribution in [-0.4, -0.2) is 54.6 Å². The molecule has 3 rings (SSSR count). The molecule has 2 aromatic rings. The molecule has 1 amide bonds. The van der Waals surface area contributed by atoms with Gasteiger partial charge in [-0.2, -0.15) is 4.31 Å². The highest BCUT2D eigenvalue weighted by Crippen LogP contribution is 2.26. The summed E-state index contributed by atoms with van der Waals surface area (Å²) < 4.78 is 39.9. The standard InChI is InChI=1S/C19H18FN3O5S/c20-16-5-3-4-15(14-16)8-9-19(24)21-10-12-22(13-11-21)29(27,28)18-7-2-1-6-17(18)23(25)26/h1-9,14H,10-13H2/b9-8+. The fourth-order valence-corrected chi connectivity index (χ4v) is 4.58. The zero-order valence-corrected chi connectivity index (χ0v) is 16.1. The van der Waals surface area contributed by atoms with E-state index in [1.54, 1.807) is 6.07 Å². The number of amides is 1. The number of hydrogen-bond donors (Lipinski definition) is 0. The molecule has 10 heteroatoms. The van der Waals surface area contributed by atoms with Gasteiger partial charge in [0, 0.05) is 38.3 Å². The summed E-state index contributed by atoms with van der Waals surface area (Å²) in [7, 11) is -4.05. The molecule has 29 heavy (non-hydrogen) atoms. The Hall–Kier alpha value is -3.11. The smallest absolute Gasteiger partial charge is 0.289 e. The van der Waals surface area contributed by atoms with Crippen LogP contribution in [0.3, 0.4) is 0 Å². The predicted molar refractivity (Wildman–Crippen MR) is 104 cm³/mol. The highest BCUT2D eigenvalue weighted by atomic mass is 32.2. The highest BCUT2D eigenvalue weighted by Gasteiger charge is 2.34. The summed E-state index contributed by atoms with van der Waals surface area (Å²) in [5.74, 6) is -0.731. The fraction of sp³-hybridized carbons (Fsp3) is 0.211. The Morgan fingerprint density at radius 3 is 2.41 bits per heavy atom. The third kappa shape index (κ3) is 4.66. The second-order valence-electron chi connectivity index (χ2n) is 6.34. The summed E-state index contributed by atoms with van der Waals surface area (Å²) in [6, 6.07) is 11.0. The third-order valence-corrected chi connectivity index (χ3v) is 6.44. The van der Waals surface area contributed by atoms with E-state index in [2.05, 4.69) is 0 Å². The Kier molecular flexibility index (Phi) is 6.04. The molecule has 1 heterocycles. The number of halogens is 1. The Labute approximate surface area is 167 Å². The maximum Gasteiger partial charge on any atom is 0.289 e. The van der Waals surface area contributed by atoms with Crippen LogP contribution in [-0.2, 0) is 14.8 Å². The van der Waals surface area contributed by atoms with Crippen molar-refractivity contribution in [3.63, 3.8) is 0 Å². The summed E-state index contributed by atoms with van der Waals surface area (Å²) in [6.07, 6.45) is 2.79. The van der Waals surface area contributed by atoms with Crippen LogP contribution in [0.4, 0.5) is 10.1 Å². The number of carbonyl (C=O) groups is 1. The van der Waals surface area contributed by atoms with Crippen molar-refractivity contribution in [3.05, 3.63) is 76.1 Å². The number of hydrogen-bond acceptors (Lipinski definition) is 5. The average Bonchev–Trinajstić information content (AvgIpc) is 2.72. The first-order valence-corrected chi connectivity index (χ1v) is 10.2. The van der Waals surface area contributed by atoms with E-state index in [4.69, 9.17) is 0 Å². The first kappa shape index (κ1) is 20.6. The van der Waals surface area contributed by atoms with Gasteiger partial charge in [0.05, 0.1) is 4.92 Å². The molecule has 0 unspecified atom stereocenters. The van der Waals surface area contributed by atoms with E-state index < -0.39 is 26.5 Å². The highest BCUT2D eigenvalue weighted by molar-refractivity contribution is 7.89. The lowest BCUT2D eigenvalue weighted by Gasteiger charge is -2.33. The van der Waals surface area contributed by atoms with Gasteiger partial charge < -0.3 is 4.90 Å². The zero-order valence-electron chi connectivity index (χ0n) is 15.3. The van der Waals surface area contributed by atoms with Gasteiger partial charge in [0.1, 0.15) is 5.82 Å². The van der Waals surface area contributed by atoms with Crippen molar-refractivity contribution in [1.82, 2.24) is 9.21 Å². The van der Waals surface area contributed by atoms with E-state index in [1.807, 2.05) is 0 Å². The molecule has 0 radical (unpaired) electrons. The quantitative estimate of drug-likeness (QED) is 0.420. The van der Waals surface area contributed by atoms with E-state index in [9.17, 15) is 27.7 Å². The number of sulfonamides is 1. The van der Waals surface area contributed by atoms with E-state index >= 15 is 0 Å². The van der Waals surface area contributed by atoms with Gasteiger partial charge in [0.15, 0.2) is 4.90 Å². The lowest BCUT2D eigenvalue weighted by Crippen LogP contribution is -2.50. The molecule has 0 atom stereocenters. The van der Waals surface area contributed by atoms with E-state index in [0.717, 1.165) is 10.4 Å². The Balaban J connectivity index is 1.67. The average molecular weight is 419 g/mol. The molecular weight excluding hydrogens is 401 g/mol. The van der Waals surface area contributed by atoms with E-state index in [1.165, 1.54) is 53.5 Å². The van der Waals surface area contributed by atoms with Crippen molar-refractivity contribution in [3.8, 4) is 0 Å². The Morgan fingerprint density at radius 2 is 1.76 bits per heavy atom. The Bertz CT molecular complexity index is 1060. The lowest BCUT2D eigenvalue weighted by molar-refractivity contribution is -0.387. The number of nitrogens with zero attached hydrogens (tertiary/aromatic N) is 3. The van der Waals surface area contributed by atoms with Crippen LogP contribution in [0.15, 0.2) is 59.5 Å². The van der Waals surface area contributed by atoms with Gasteiger partial charge in [-0.25, -0.2) is 12.8 Å². The van der Waals surface area contributed by atoms with Gasteiger partial charge in [-0.05, 0) is 29.8 Å². The second kappa shape index (κ2) is 8.50. The van der Waals surface area contributed by atoms with Crippen molar-refractivity contribution in [2.24, 2.45) is 0 Å². The van der Waals surface area contributed by atoms with Gasteiger partial charge in [-0.3, -0.25) is 14.9 Å². The number of piperazine rings is 1. The molecule has 1 aliphatic heterocycles. The lowest BCUT2D eigenvalue weighted by atomic mass is 10.2. The summed E-state index contributed by atoms with van der Waals surface area (Å²) in [5, 5.41) is 11.1. The number of benzene rings is 2. The van der Waals surface area contributed by atoms with Gasteiger partial charge in [0.2, 0.25) is 15.9 Å². The normalized spacial score (nSPS) is 15.6. The van der Waals surface area contributed by atoms with Crippen LogP contribution in [0.5, 0.6) is 0 Å². The van der Waals surface area contributed by atoms with Gasteiger partial charge in [0.25, 0.3) is 5.69 Å². The molecule has 152 valence electrons. The van der Waals surface area contributed by atoms with Crippen molar-refractivity contribution < 1.29 is 22.5 Å². The number of rotatable bonds is 5. The van der Waals surface area contributed by atoms with Crippen LogP contribution in [0.1, 0.15) is 5.56 Å². The number of nitro benzene ring substituents is 1. The topological polar surface area (TPSA) is 101 Å². The zero-order chi connectivity index (χ0) is 21.0. The third-order valence-electron chi connectivity index (χ3n) is 4.50. The molecule has 0 N–H and O–H groups in total. The van der Waals surface area contributed by atoms with Crippen LogP contribution in [0.25, 0.3) is 6.08 Å². The van der Waals surface area contributed by atoms with Crippen molar-refractivity contribution >= 4 is 27.7 Å². The van der Waals surface area contributed by atoms with Crippen molar-refractivity contribution in [1.29, 1.82) is 0 Å². The monoisotopic (exact) mass is 419 g/mol. The maximum atomic E-state index is 13.2. The van der Waals surface area contributed by atoms with E-state index in [0.29, 0.717) is 5.56 Å². The largest absolute Gasteiger partial charge is 0.337 e. The SMILES string of the molecule is O=C(/C=C/c1cccc(F)c1)N1CCN(S(=O)(=O)c2ccccc2[N+](=O)[O-])CC1. The van der Waals surface area contributed by atoms with Crippen LogP contribution >= 0.6 is 0 Å². The van der Waals surface area contributed by atoms with Crippen LogP contribution < -0.4 is 0 Å². The minimum Gasteiger partial charge on any atom is -0.337 e. The predicted octanol–water partition coefficient (Wildman–Crippen LogP) is 2.28. The van der Waals surface area contributed by atoms with Crippen LogP contribution in [0.2, 0.25) is 0 Å². The molecule has 1 saturated heterocycles. The first-order chi connectivity index (χ1) is 13.8. The van der Waals surface area contributed by atoms with Crippen molar-refractivity contribution in [2.45, 2.75) is 4.90 Å². The number of carbonyl (C=O) groups excluding carboxylic acids is 1. The minimum atomic E-state index is -4.05. The molecule has 2 aromatic carbocycles. The van der Waals surface area contributed by atoms with Crippen molar-refractivity contribution in [2.75, 3.05) is 26.2 Å². The van der Waals surface area contributed by atoms with Crippen LogP contribution in [0, 0.1) is 15.9 Å². The summed E-state index contributed by atoms with van der Waals surface area (Å²) in [6.45, 7) is 0.334. The van der Waals surface area contributed by atoms with Gasteiger partial charge in [-0.1, -0.05) is 24.3 Å². The number of nitro groups is 1. The molecule has 1 fully saturated rings. The summed E-state index contributed by atoms with van der Waals surface area (Å²) in [4.78, 5) is 23.8. The molecule has 8 nitrogen and oxygen atoms in total.